The quantitative estimate of drug-likeness (QED) is 0.799. The fraction of sp³-hybridized carbons (Fsp3) is 0.176. The molecule has 0 aliphatic carbocycles. The van der Waals surface area contributed by atoms with E-state index in [1.807, 2.05) is 41.8 Å². The van der Waals surface area contributed by atoms with Gasteiger partial charge in [-0.3, -0.25) is 9.59 Å². The van der Waals surface area contributed by atoms with Crippen LogP contribution in [0, 0.1) is 0 Å². The van der Waals surface area contributed by atoms with Crippen molar-refractivity contribution in [3.8, 4) is 0 Å². The van der Waals surface area contributed by atoms with Crippen molar-refractivity contribution in [2.45, 2.75) is 6.42 Å². The Morgan fingerprint density at radius 3 is 2.73 bits per heavy atom. The van der Waals surface area contributed by atoms with Gasteiger partial charge in [-0.25, -0.2) is 0 Å². The Balaban J connectivity index is 1.60. The molecule has 1 aromatic carbocycles. The first-order valence-electron chi connectivity index (χ1n) is 6.93. The lowest BCUT2D eigenvalue weighted by atomic mass is 10.2. The molecule has 0 fully saturated rings. The molecule has 0 bridgehead atoms. The first-order valence-corrected chi connectivity index (χ1v) is 7.87. The number of benzene rings is 1. The van der Waals surface area contributed by atoms with Crippen molar-refractivity contribution in [2.24, 2.45) is 0 Å². The number of carbonyl (C=O) groups is 2. The third kappa shape index (κ3) is 5.54. The summed E-state index contributed by atoms with van der Waals surface area (Å²) in [6, 6.07) is 11.5. The molecular formula is C17H17NO3S. The van der Waals surface area contributed by atoms with Crippen molar-refractivity contribution in [2.75, 3.05) is 13.2 Å². The van der Waals surface area contributed by atoms with Crippen molar-refractivity contribution in [1.82, 2.24) is 5.32 Å². The van der Waals surface area contributed by atoms with Gasteiger partial charge in [0, 0.05) is 17.5 Å². The minimum atomic E-state index is -0.330. The topological polar surface area (TPSA) is 55.4 Å². The maximum absolute atomic E-state index is 11.6. The molecule has 1 aromatic heterocycles. The van der Waals surface area contributed by atoms with Crippen molar-refractivity contribution in [1.29, 1.82) is 0 Å². The Morgan fingerprint density at radius 2 is 2.00 bits per heavy atom. The van der Waals surface area contributed by atoms with E-state index in [-0.39, 0.29) is 31.4 Å². The first-order chi connectivity index (χ1) is 10.8. The lowest BCUT2D eigenvalue weighted by Crippen LogP contribution is -2.26. The molecule has 0 unspecified atom stereocenters. The van der Waals surface area contributed by atoms with Crippen LogP contribution in [0.25, 0.3) is 6.08 Å². The summed E-state index contributed by atoms with van der Waals surface area (Å²) in [5, 5.41) is 6.28. The molecule has 0 atom stereocenters. The third-order valence-electron chi connectivity index (χ3n) is 2.85. The number of thiophene rings is 1. The third-order valence-corrected chi connectivity index (χ3v) is 3.53. The standard InChI is InChI=1S/C17H17NO3S/c19-16(8-10-18-17(20)15-9-12-22-13-15)21-11-4-7-14-5-2-1-3-6-14/h1-7,9,12-13H,8,10-11H2,(H,18,20)/b7-4+. The Labute approximate surface area is 133 Å². The van der Waals surface area contributed by atoms with Crippen LogP contribution >= 0.6 is 11.3 Å². The Morgan fingerprint density at radius 1 is 1.18 bits per heavy atom. The van der Waals surface area contributed by atoms with Gasteiger partial charge in [-0.05, 0) is 23.1 Å². The first kappa shape index (κ1) is 16.0. The van der Waals surface area contributed by atoms with Gasteiger partial charge in [0.15, 0.2) is 0 Å². The summed E-state index contributed by atoms with van der Waals surface area (Å²) in [7, 11) is 0. The van der Waals surface area contributed by atoms with Gasteiger partial charge in [0.25, 0.3) is 5.91 Å². The largest absolute Gasteiger partial charge is 0.461 e. The summed E-state index contributed by atoms with van der Waals surface area (Å²) in [6.07, 6.45) is 3.85. The SMILES string of the molecule is O=C(CCNC(=O)c1ccsc1)OC/C=C/c1ccccc1. The second kappa shape index (κ2) is 8.79. The molecule has 0 radical (unpaired) electrons. The Hall–Kier alpha value is -2.40. The predicted molar refractivity (Wildman–Crippen MR) is 87.7 cm³/mol. The average Bonchev–Trinajstić information content (AvgIpc) is 3.07. The highest BCUT2D eigenvalue weighted by Gasteiger charge is 2.06. The van der Waals surface area contributed by atoms with Gasteiger partial charge >= 0.3 is 5.97 Å². The highest BCUT2D eigenvalue weighted by Crippen LogP contribution is 2.05. The summed E-state index contributed by atoms with van der Waals surface area (Å²) in [5.74, 6) is -0.499. The monoisotopic (exact) mass is 315 g/mol. The fourth-order valence-electron chi connectivity index (χ4n) is 1.74. The Kier molecular flexibility index (Phi) is 6.39. The van der Waals surface area contributed by atoms with Crippen molar-refractivity contribution in [3.05, 3.63) is 64.4 Å². The van der Waals surface area contributed by atoms with E-state index in [2.05, 4.69) is 5.32 Å². The molecule has 1 N–H and O–H groups in total. The minimum Gasteiger partial charge on any atom is -0.461 e. The van der Waals surface area contributed by atoms with Crippen LogP contribution in [0.15, 0.2) is 53.2 Å². The lowest BCUT2D eigenvalue weighted by Gasteiger charge is -2.04. The number of hydrogen-bond acceptors (Lipinski definition) is 4. The number of carbonyl (C=O) groups excluding carboxylic acids is 2. The van der Waals surface area contributed by atoms with Crippen molar-refractivity contribution >= 4 is 29.3 Å². The number of hydrogen-bond donors (Lipinski definition) is 1. The molecule has 0 saturated heterocycles. The highest BCUT2D eigenvalue weighted by molar-refractivity contribution is 7.08. The number of rotatable bonds is 7. The summed E-state index contributed by atoms with van der Waals surface area (Å²) in [6.45, 7) is 0.502. The van der Waals surface area contributed by atoms with Crippen LogP contribution in [0.2, 0.25) is 0 Å². The molecule has 2 rings (SSSR count). The van der Waals surface area contributed by atoms with Gasteiger partial charge in [-0.2, -0.15) is 11.3 Å². The van der Waals surface area contributed by atoms with Gasteiger partial charge in [0.05, 0.1) is 6.42 Å². The molecular weight excluding hydrogens is 298 g/mol. The van der Waals surface area contributed by atoms with Gasteiger partial charge in [0.1, 0.15) is 6.61 Å². The van der Waals surface area contributed by atoms with Crippen LogP contribution in [-0.2, 0) is 9.53 Å². The zero-order chi connectivity index (χ0) is 15.6. The fourth-order valence-corrected chi connectivity index (χ4v) is 2.37. The molecule has 114 valence electrons. The van der Waals surface area contributed by atoms with Crippen molar-refractivity contribution < 1.29 is 14.3 Å². The molecule has 1 heterocycles. The molecule has 1 amide bonds. The van der Waals surface area contributed by atoms with E-state index >= 15 is 0 Å². The van der Waals surface area contributed by atoms with E-state index in [9.17, 15) is 9.59 Å². The normalized spacial score (nSPS) is 10.5. The lowest BCUT2D eigenvalue weighted by molar-refractivity contribution is -0.142. The molecule has 2 aromatic rings. The summed E-state index contributed by atoms with van der Waals surface area (Å²) in [5.41, 5.74) is 1.67. The van der Waals surface area contributed by atoms with Crippen LogP contribution in [0.1, 0.15) is 22.3 Å². The van der Waals surface area contributed by atoms with E-state index < -0.39 is 0 Å². The van der Waals surface area contributed by atoms with Crippen LogP contribution < -0.4 is 5.32 Å². The van der Waals surface area contributed by atoms with Gasteiger partial charge < -0.3 is 10.1 Å². The second-order valence-electron chi connectivity index (χ2n) is 4.51. The summed E-state index contributed by atoms with van der Waals surface area (Å²) >= 11 is 1.46. The van der Waals surface area contributed by atoms with E-state index in [0.717, 1.165) is 5.56 Å². The number of nitrogens with one attached hydrogen (secondary N) is 1. The highest BCUT2D eigenvalue weighted by atomic mass is 32.1. The van der Waals surface area contributed by atoms with Crippen molar-refractivity contribution in [3.63, 3.8) is 0 Å². The van der Waals surface area contributed by atoms with Gasteiger partial charge in [-0.15, -0.1) is 0 Å². The summed E-state index contributed by atoms with van der Waals surface area (Å²) < 4.78 is 5.06. The Bertz CT molecular complexity index is 621. The van der Waals surface area contributed by atoms with Gasteiger partial charge in [-0.1, -0.05) is 36.4 Å². The van der Waals surface area contributed by atoms with E-state index in [1.165, 1.54) is 11.3 Å². The number of esters is 1. The molecule has 5 heteroatoms. The maximum Gasteiger partial charge on any atom is 0.307 e. The van der Waals surface area contributed by atoms with E-state index in [4.69, 9.17) is 4.74 Å². The minimum absolute atomic E-state index is 0.162. The van der Waals surface area contributed by atoms with Crippen LogP contribution in [0.4, 0.5) is 0 Å². The molecule has 0 aliphatic heterocycles. The summed E-state index contributed by atoms with van der Waals surface area (Å²) in [4.78, 5) is 23.2. The smallest absolute Gasteiger partial charge is 0.307 e. The average molecular weight is 315 g/mol. The van der Waals surface area contributed by atoms with E-state index in [0.29, 0.717) is 5.56 Å². The second-order valence-corrected chi connectivity index (χ2v) is 5.29. The number of amides is 1. The molecule has 0 aliphatic rings. The van der Waals surface area contributed by atoms with Crippen LogP contribution in [0.3, 0.4) is 0 Å². The maximum atomic E-state index is 11.6. The predicted octanol–water partition coefficient (Wildman–Crippen LogP) is 3.12. The van der Waals surface area contributed by atoms with E-state index in [1.54, 1.807) is 17.5 Å². The molecule has 22 heavy (non-hydrogen) atoms. The van der Waals surface area contributed by atoms with Crippen LogP contribution in [-0.4, -0.2) is 25.0 Å². The zero-order valence-electron chi connectivity index (χ0n) is 12.0. The molecule has 0 saturated carbocycles. The number of ether oxygens (including phenoxy) is 1. The van der Waals surface area contributed by atoms with Crippen LogP contribution in [0.5, 0.6) is 0 Å². The molecule has 4 nitrogen and oxygen atoms in total. The zero-order valence-corrected chi connectivity index (χ0v) is 12.8. The molecule has 0 spiro atoms. The van der Waals surface area contributed by atoms with Gasteiger partial charge in [0.2, 0.25) is 0 Å².